The topological polar surface area (TPSA) is 70.2 Å². The number of imidazole rings is 1. The molecule has 24 heavy (non-hydrogen) atoms. The Labute approximate surface area is 142 Å². The molecule has 1 aliphatic rings. The number of hydrogen-bond donors (Lipinski definition) is 2. The van der Waals surface area contributed by atoms with Gasteiger partial charge in [0.05, 0.1) is 24.2 Å². The molecule has 0 saturated carbocycles. The van der Waals surface area contributed by atoms with Crippen LogP contribution in [0.3, 0.4) is 0 Å². The average Bonchev–Trinajstić information content (AvgIpc) is 2.97. The number of morpholine rings is 1. The molecular weight excluding hydrogens is 304 g/mol. The third-order valence-electron chi connectivity index (χ3n) is 4.40. The first-order valence-corrected chi connectivity index (χ1v) is 8.77. The summed E-state index contributed by atoms with van der Waals surface area (Å²) in [6, 6.07) is 5.58. The minimum absolute atomic E-state index is 0.0164. The molecule has 1 saturated heterocycles. The Morgan fingerprint density at radius 2 is 2.12 bits per heavy atom. The number of hydrogen-bond acceptors (Lipinski definition) is 4. The molecule has 3 rings (SSSR count). The summed E-state index contributed by atoms with van der Waals surface area (Å²) in [4.78, 5) is 22.2. The van der Waals surface area contributed by atoms with Gasteiger partial charge in [0.25, 0.3) is 5.91 Å². The lowest BCUT2D eigenvalue weighted by atomic mass is 10.2. The van der Waals surface area contributed by atoms with E-state index in [0.717, 1.165) is 69.1 Å². The fourth-order valence-electron chi connectivity index (χ4n) is 3.04. The number of aryl methyl sites for hydroxylation is 1. The van der Waals surface area contributed by atoms with Crippen LogP contribution in [-0.4, -0.2) is 60.2 Å². The first kappa shape index (κ1) is 16.9. The standard InChI is InChI=1S/C18H26N4O2/c1-14-20-16-6-5-15(13-17(16)21-14)18(23)19-7-3-2-4-8-22-9-11-24-12-10-22/h5-6,13H,2-4,7-12H2,1H3,(H,19,23)(H,20,21). The van der Waals surface area contributed by atoms with Gasteiger partial charge in [0.1, 0.15) is 5.82 Å². The molecule has 1 amide bonds. The van der Waals surface area contributed by atoms with Gasteiger partial charge in [-0.15, -0.1) is 0 Å². The number of fused-ring (bicyclic) bond motifs is 1. The van der Waals surface area contributed by atoms with Crippen molar-refractivity contribution >= 4 is 16.9 Å². The van der Waals surface area contributed by atoms with Gasteiger partial charge in [-0.25, -0.2) is 4.98 Å². The zero-order valence-electron chi connectivity index (χ0n) is 14.3. The summed E-state index contributed by atoms with van der Waals surface area (Å²) < 4.78 is 5.35. The first-order chi connectivity index (χ1) is 11.7. The molecule has 1 aliphatic heterocycles. The molecule has 1 aromatic carbocycles. The first-order valence-electron chi connectivity index (χ1n) is 8.77. The second-order valence-electron chi connectivity index (χ2n) is 6.32. The average molecular weight is 330 g/mol. The van der Waals surface area contributed by atoms with Crippen LogP contribution in [0.1, 0.15) is 35.4 Å². The van der Waals surface area contributed by atoms with E-state index in [4.69, 9.17) is 4.74 Å². The van der Waals surface area contributed by atoms with Crippen molar-refractivity contribution in [1.29, 1.82) is 0 Å². The van der Waals surface area contributed by atoms with Gasteiger partial charge in [-0.05, 0) is 44.5 Å². The fourth-order valence-corrected chi connectivity index (χ4v) is 3.04. The third-order valence-corrected chi connectivity index (χ3v) is 4.40. The number of benzene rings is 1. The Balaban J connectivity index is 1.35. The maximum Gasteiger partial charge on any atom is 0.251 e. The van der Waals surface area contributed by atoms with Crippen molar-refractivity contribution in [2.24, 2.45) is 0 Å². The number of nitrogens with zero attached hydrogens (tertiary/aromatic N) is 2. The van der Waals surface area contributed by atoms with Gasteiger partial charge in [-0.3, -0.25) is 9.69 Å². The highest BCUT2D eigenvalue weighted by Crippen LogP contribution is 2.13. The van der Waals surface area contributed by atoms with Crippen molar-refractivity contribution in [2.75, 3.05) is 39.4 Å². The summed E-state index contributed by atoms with van der Waals surface area (Å²) in [5, 5.41) is 3.00. The highest BCUT2D eigenvalue weighted by Gasteiger charge is 2.10. The maximum absolute atomic E-state index is 12.2. The number of carbonyl (C=O) groups is 1. The smallest absolute Gasteiger partial charge is 0.251 e. The number of ether oxygens (including phenoxy) is 1. The van der Waals surface area contributed by atoms with Crippen molar-refractivity contribution in [2.45, 2.75) is 26.2 Å². The molecule has 2 aromatic rings. The van der Waals surface area contributed by atoms with Crippen molar-refractivity contribution in [3.63, 3.8) is 0 Å². The number of nitrogens with one attached hydrogen (secondary N) is 2. The van der Waals surface area contributed by atoms with Gasteiger partial charge >= 0.3 is 0 Å². The normalized spacial score (nSPS) is 15.7. The minimum Gasteiger partial charge on any atom is -0.379 e. The second kappa shape index (κ2) is 8.26. The number of aromatic amines is 1. The Morgan fingerprint density at radius 3 is 2.96 bits per heavy atom. The van der Waals surface area contributed by atoms with Crippen LogP contribution in [0.5, 0.6) is 0 Å². The molecule has 0 bridgehead atoms. The lowest BCUT2D eigenvalue weighted by molar-refractivity contribution is 0.0371. The van der Waals surface area contributed by atoms with Crippen LogP contribution >= 0.6 is 0 Å². The van der Waals surface area contributed by atoms with E-state index in [2.05, 4.69) is 20.2 Å². The molecule has 2 N–H and O–H groups in total. The van der Waals surface area contributed by atoms with E-state index in [1.807, 2.05) is 25.1 Å². The lowest BCUT2D eigenvalue weighted by Crippen LogP contribution is -2.36. The van der Waals surface area contributed by atoms with Crippen molar-refractivity contribution in [1.82, 2.24) is 20.2 Å². The molecule has 6 heteroatoms. The zero-order chi connectivity index (χ0) is 16.8. The summed E-state index contributed by atoms with van der Waals surface area (Å²) >= 11 is 0. The number of amides is 1. The Morgan fingerprint density at radius 1 is 1.29 bits per heavy atom. The van der Waals surface area contributed by atoms with Crippen LogP contribution in [0.15, 0.2) is 18.2 Å². The van der Waals surface area contributed by atoms with E-state index in [9.17, 15) is 4.79 Å². The van der Waals surface area contributed by atoms with Crippen LogP contribution in [0.25, 0.3) is 11.0 Å². The number of aromatic nitrogens is 2. The summed E-state index contributed by atoms with van der Waals surface area (Å²) in [6.45, 7) is 7.58. The van der Waals surface area contributed by atoms with Crippen molar-refractivity contribution in [3.05, 3.63) is 29.6 Å². The van der Waals surface area contributed by atoms with E-state index < -0.39 is 0 Å². The highest BCUT2D eigenvalue weighted by molar-refractivity contribution is 5.97. The minimum atomic E-state index is -0.0164. The highest BCUT2D eigenvalue weighted by atomic mass is 16.5. The second-order valence-corrected chi connectivity index (χ2v) is 6.32. The molecule has 0 radical (unpaired) electrons. The third kappa shape index (κ3) is 4.55. The van der Waals surface area contributed by atoms with Gasteiger partial charge in [-0.2, -0.15) is 0 Å². The Kier molecular flexibility index (Phi) is 5.82. The predicted octanol–water partition coefficient (Wildman–Crippen LogP) is 2.10. The van der Waals surface area contributed by atoms with Gasteiger partial charge in [0.15, 0.2) is 0 Å². The van der Waals surface area contributed by atoms with E-state index in [-0.39, 0.29) is 5.91 Å². The Bertz CT molecular complexity index is 677. The van der Waals surface area contributed by atoms with Crippen molar-refractivity contribution < 1.29 is 9.53 Å². The summed E-state index contributed by atoms with van der Waals surface area (Å²) in [5.74, 6) is 0.847. The molecular formula is C18H26N4O2. The van der Waals surface area contributed by atoms with E-state index >= 15 is 0 Å². The van der Waals surface area contributed by atoms with Crippen LogP contribution in [0.4, 0.5) is 0 Å². The number of H-pyrrole nitrogens is 1. The number of rotatable bonds is 7. The molecule has 2 heterocycles. The van der Waals surface area contributed by atoms with E-state index in [1.54, 1.807) is 0 Å². The van der Waals surface area contributed by atoms with Crippen molar-refractivity contribution in [3.8, 4) is 0 Å². The van der Waals surface area contributed by atoms with Crippen LogP contribution < -0.4 is 5.32 Å². The van der Waals surface area contributed by atoms with Gasteiger partial charge in [0, 0.05) is 25.2 Å². The molecule has 1 aromatic heterocycles. The molecule has 0 aliphatic carbocycles. The number of unbranched alkanes of at least 4 members (excludes halogenated alkanes) is 2. The molecule has 0 atom stereocenters. The van der Waals surface area contributed by atoms with Gasteiger partial charge < -0.3 is 15.0 Å². The quantitative estimate of drug-likeness (QED) is 0.763. The van der Waals surface area contributed by atoms with Gasteiger partial charge in [-0.1, -0.05) is 6.42 Å². The summed E-state index contributed by atoms with van der Waals surface area (Å²) in [5.41, 5.74) is 2.48. The maximum atomic E-state index is 12.2. The monoisotopic (exact) mass is 330 g/mol. The molecule has 6 nitrogen and oxygen atoms in total. The van der Waals surface area contributed by atoms with Crippen LogP contribution in [-0.2, 0) is 4.74 Å². The molecule has 130 valence electrons. The lowest BCUT2D eigenvalue weighted by Gasteiger charge is -2.26. The predicted molar refractivity (Wildman–Crippen MR) is 94.3 cm³/mol. The molecule has 1 fully saturated rings. The number of carbonyl (C=O) groups excluding carboxylic acids is 1. The van der Waals surface area contributed by atoms with Gasteiger partial charge in [0.2, 0.25) is 0 Å². The van der Waals surface area contributed by atoms with Crippen LogP contribution in [0.2, 0.25) is 0 Å². The van der Waals surface area contributed by atoms with Crippen LogP contribution in [0, 0.1) is 6.92 Å². The summed E-state index contributed by atoms with van der Waals surface area (Å²) in [7, 11) is 0. The summed E-state index contributed by atoms with van der Waals surface area (Å²) in [6.07, 6.45) is 3.33. The molecule has 0 unspecified atom stereocenters. The Hall–Kier alpha value is -1.92. The van der Waals surface area contributed by atoms with E-state index in [1.165, 1.54) is 6.42 Å². The molecule has 0 spiro atoms. The zero-order valence-corrected chi connectivity index (χ0v) is 14.3. The largest absolute Gasteiger partial charge is 0.379 e. The van der Waals surface area contributed by atoms with E-state index in [0.29, 0.717) is 5.56 Å². The fraction of sp³-hybridized carbons (Fsp3) is 0.556. The SMILES string of the molecule is Cc1nc2ccc(C(=O)NCCCCCN3CCOCC3)cc2[nH]1.